The molecule has 23 heavy (non-hydrogen) atoms. The van der Waals surface area contributed by atoms with Crippen LogP contribution in [-0.4, -0.2) is 58.7 Å². The highest BCUT2D eigenvalue weighted by Crippen LogP contribution is 1.98. The van der Waals surface area contributed by atoms with Gasteiger partial charge in [-0.2, -0.15) is 0 Å². The molecule has 0 aliphatic heterocycles. The van der Waals surface area contributed by atoms with Gasteiger partial charge in [-0.3, -0.25) is 4.99 Å². The van der Waals surface area contributed by atoms with Gasteiger partial charge >= 0.3 is 0 Å². The van der Waals surface area contributed by atoms with Gasteiger partial charge in [-0.15, -0.1) is 24.0 Å². The van der Waals surface area contributed by atoms with E-state index in [9.17, 15) is 8.42 Å². The van der Waals surface area contributed by atoms with Gasteiger partial charge < -0.3 is 15.4 Å². The van der Waals surface area contributed by atoms with Crippen LogP contribution in [0.1, 0.15) is 40.5 Å². The molecule has 0 spiro atoms. The van der Waals surface area contributed by atoms with Crippen LogP contribution in [0.4, 0.5) is 0 Å². The molecular formula is C15H34IN3O3S. The summed E-state index contributed by atoms with van der Waals surface area (Å²) >= 11 is 0. The van der Waals surface area contributed by atoms with Crippen LogP contribution >= 0.6 is 24.0 Å². The molecule has 0 bridgehead atoms. The molecule has 8 heteroatoms. The van der Waals surface area contributed by atoms with Gasteiger partial charge in [-0.1, -0.05) is 13.8 Å². The molecule has 0 aliphatic rings. The molecule has 0 aromatic heterocycles. The average Bonchev–Trinajstić information content (AvgIpc) is 2.39. The summed E-state index contributed by atoms with van der Waals surface area (Å²) in [7, 11) is -2.92. The summed E-state index contributed by atoms with van der Waals surface area (Å²) in [6.07, 6.45) is 2.88. The van der Waals surface area contributed by atoms with Gasteiger partial charge in [0, 0.05) is 25.4 Å². The van der Waals surface area contributed by atoms with Crippen molar-refractivity contribution in [3.05, 3.63) is 0 Å². The minimum atomic E-state index is -2.92. The SMILES string of the molecule is CCNC(=NCCOCCC(C)C)NC(C)CCS(C)(=O)=O.I. The van der Waals surface area contributed by atoms with Gasteiger partial charge in [0.1, 0.15) is 9.84 Å². The molecule has 0 fully saturated rings. The van der Waals surface area contributed by atoms with E-state index in [1.807, 2.05) is 13.8 Å². The van der Waals surface area contributed by atoms with Crippen LogP contribution in [0.15, 0.2) is 4.99 Å². The molecule has 0 radical (unpaired) electrons. The smallest absolute Gasteiger partial charge is 0.191 e. The Bertz CT molecular complexity index is 414. The third kappa shape index (κ3) is 18.1. The minimum absolute atomic E-state index is 0. The fraction of sp³-hybridized carbons (Fsp3) is 0.933. The third-order valence-electron chi connectivity index (χ3n) is 2.99. The molecule has 0 aliphatic carbocycles. The molecule has 1 unspecified atom stereocenters. The van der Waals surface area contributed by atoms with Gasteiger partial charge in [-0.25, -0.2) is 8.42 Å². The number of nitrogens with one attached hydrogen (secondary N) is 2. The molecule has 0 aromatic rings. The van der Waals surface area contributed by atoms with Crippen LogP contribution in [0.25, 0.3) is 0 Å². The van der Waals surface area contributed by atoms with Crippen LogP contribution in [0, 0.1) is 5.92 Å². The van der Waals surface area contributed by atoms with Crippen molar-refractivity contribution in [2.45, 2.75) is 46.6 Å². The second-order valence-corrected chi connectivity index (χ2v) is 8.28. The fourth-order valence-electron chi connectivity index (χ4n) is 1.66. The highest BCUT2D eigenvalue weighted by molar-refractivity contribution is 14.0. The topological polar surface area (TPSA) is 79.8 Å². The lowest BCUT2D eigenvalue weighted by Gasteiger charge is -2.17. The highest BCUT2D eigenvalue weighted by atomic mass is 127. The Hall–Kier alpha value is -0.0900. The second kappa shape index (κ2) is 14.3. The van der Waals surface area contributed by atoms with Gasteiger partial charge in [0.05, 0.1) is 18.9 Å². The number of rotatable bonds is 11. The number of nitrogens with zero attached hydrogens (tertiary/aromatic N) is 1. The predicted octanol–water partition coefficient (Wildman–Crippen LogP) is 2.05. The number of ether oxygens (including phenoxy) is 1. The van der Waals surface area contributed by atoms with Crippen LogP contribution < -0.4 is 10.6 Å². The van der Waals surface area contributed by atoms with Crippen molar-refractivity contribution in [2.24, 2.45) is 10.9 Å². The quantitative estimate of drug-likeness (QED) is 0.212. The monoisotopic (exact) mass is 463 g/mol. The number of sulfone groups is 1. The van der Waals surface area contributed by atoms with E-state index in [1.54, 1.807) is 0 Å². The largest absolute Gasteiger partial charge is 0.380 e. The highest BCUT2D eigenvalue weighted by Gasteiger charge is 2.09. The number of guanidine groups is 1. The molecule has 1 atom stereocenters. The summed E-state index contributed by atoms with van der Waals surface area (Å²) in [6, 6.07) is 0.0504. The number of hydrogen-bond donors (Lipinski definition) is 2. The standard InChI is InChI=1S/C15H33N3O3S.HI/c1-6-16-15(17-9-11-21-10-7-13(2)3)18-14(4)8-12-22(5,19)20;/h13-14H,6-12H2,1-5H3,(H2,16,17,18);1H. The van der Waals surface area contributed by atoms with E-state index < -0.39 is 9.84 Å². The molecule has 0 saturated carbocycles. The van der Waals surface area contributed by atoms with E-state index in [1.165, 1.54) is 6.26 Å². The lowest BCUT2D eigenvalue weighted by atomic mass is 10.1. The Morgan fingerprint density at radius 3 is 2.35 bits per heavy atom. The molecule has 0 rings (SSSR count). The van der Waals surface area contributed by atoms with Crippen LogP contribution in [0.5, 0.6) is 0 Å². The van der Waals surface area contributed by atoms with Gasteiger partial charge in [0.25, 0.3) is 0 Å². The van der Waals surface area contributed by atoms with Gasteiger partial charge in [0.2, 0.25) is 0 Å². The minimum Gasteiger partial charge on any atom is -0.380 e. The Balaban J connectivity index is 0. The fourth-order valence-corrected chi connectivity index (χ4v) is 2.44. The summed E-state index contributed by atoms with van der Waals surface area (Å²) in [5.41, 5.74) is 0. The van der Waals surface area contributed by atoms with E-state index in [4.69, 9.17) is 4.74 Å². The van der Waals surface area contributed by atoms with Crippen molar-refractivity contribution in [3.63, 3.8) is 0 Å². The molecule has 140 valence electrons. The zero-order valence-corrected chi connectivity index (χ0v) is 18.2. The molecule has 0 heterocycles. The first kappa shape index (κ1) is 25.2. The average molecular weight is 463 g/mol. The first-order chi connectivity index (χ1) is 10.2. The predicted molar refractivity (Wildman–Crippen MR) is 109 cm³/mol. The van der Waals surface area contributed by atoms with Crippen molar-refractivity contribution in [2.75, 3.05) is 38.3 Å². The summed E-state index contributed by atoms with van der Waals surface area (Å²) in [5, 5.41) is 6.37. The second-order valence-electron chi connectivity index (χ2n) is 6.02. The Labute approximate surface area is 159 Å². The van der Waals surface area contributed by atoms with Gasteiger partial charge in [0.15, 0.2) is 5.96 Å². The van der Waals surface area contributed by atoms with Crippen LogP contribution in [0.3, 0.4) is 0 Å². The molecule has 0 saturated heterocycles. The Morgan fingerprint density at radius 1 is 1.17 bits per heavy atom. The Kier molecular flexibility index (Phi) is 15.6. The van der Waals surface area contributed by atoms with Crippen molar-refractivity contribution >= 4 is 39.8 Å². The van der Waals surface area contributed by atoms with Crippen molar-refractivity contribution in [3.8, 4) is 0 Å². The van der Waals surface area contributed by atoms with Crippen molar-refractivity contribution < 1.29 is 13.2 Å². The Morgan fingerprint density at radius 2 is 1.83 bits per heavy atom. The lowest BCUT2D eigenvalue weighted by molar-refractivity contribution is 0.130. The molecule has 6 nitrogen and oxygen atoms in total. The van der Waals surface area contributed by atoms with Crippen LogP contribution in [0.2, 0.25) is 0 Å². The maximum absolute atomic E-state index is 11.2. The van der Waals surface area contributed by atoms with Gasteiger partial charge in [-0.05, 0) is 32.6 Å². The van der Waals surface area contributed by atoms with E-state index in [-0.39, 0.29) is 35.8 Å². The lowest BCUT2D eigenvalue weighted by Crippen LogP contribution is -2.43. The van der Waals surface area contributed by atoms with E-state index in [2.05, 4.69) is 29.5 Å². The zero-order chi connectivity index (χ0) is 17.0. The first-order valence-corrected chi connectivity index (χ1v) is 10.1. The summed E-state index contributed by atoms with van der Waals surface area (Å²) in [4.78, 5) is 4.43. The van der Waals surface area contributed by atoms with Crippen LogP contribution in [-0.2, 0) is 14.6 Å². The van der Waals surface area contributed by atoms with E-state index in [0.29, 0.717) is 31.4 Å². The maximum Gasteiger partial charge on any atom is 0.191 e. The van der Waals surface area contributed by atoms with E-state index >= 15 is 0 Å². The normalized spacial score (nSPS) is 13.6. The number of halogens is 1. The summed E-state index contributed by atoms with van der Waals surface area (Å²) < 4.78 is 27.9. The molecule has 0 amide bonds. The zero-order valence-electron chi connectivity index (χ0n) is 15.1. The molecular weight excluding hydrogens is 429 g/mol. The van der Waals surface area contributed by atoms with E-state index in [0.717, 1.165) is 19.6 Å². The third-order valence-corrected chi connectivity index (χ3v) is 3.97. The molecule has 0 aromatic carbocycles. The summed E-state index contributed by atoms with van der Waals surface area (Å²) in [6.45, 7) is 11.0. The maximum atomic E-state index is 11.2. The van der Waals surface area contributed by atoms with Crippen molar-refractivity contribution in [1.82, 2.24) is 10.6 Å². The number of aliphatic imine (C=N–C) groups is 1. The first-order valence-electron chi connectivity index (χ1n) is 8.05. The summed E-state index contributed by atoms with van der Waals surface area (Å²) in [5.74, 6) is 1.54. The van der Waals surface area contributed by atoms with Crippen molar-refractivity contribution in [1.29, 1.82) is 0 Å². The molecule has 2 N–H and O–H groups in total. The number of hydrogen-bond acceptors (Lipinski definition) is 4.